The van der Waals surface area contributed by atoms with Gasteiger partial charge in [-0.25, -0.2) is 0 Å². The normalized spacial score (nSPS) is 28.1. The van der Waals surface area contributed by atoms with Crippen LogP contribution in [0.5, 0.6) is 0 Å². The van der Waals surface area contributed by atoms with Crippen LogP contribution in [0.25, 0.3) is 0 Å². The molecule has 0 radical (unpaired) electrons. The summed E-state index contributed by atoms with van der Waals surface area (Å²) in [5.74, 6) is 2.68. The average Bonchev–Trinajstić information content (AvgIpc) is 2.91. The molecule has 0 bridgehead atoms. The topological polar surface area (TPSA) is 46.3 Å². The van der Waals surface area contributed by atoms with E-state index in [0.29, 0.717) is 0 Å². The summed E-state index contributed by atoms with van der Waals surface area (Å²) in [5.41, 5.74) is 5.68. The van der Waals surface area contributed by atoms with Crippen molar-refractivity contribution in [1.29, 1.82) is 0 Å². The zero-order valence-electron chi connectivity index (χ0n) is 9.61. The van der Waals surface area contributed by atoms with E-state index in [4.69, 9.17) is 5.73 Å². The van der Waals surface area contributed by atoms with Gasteiger partial charge in [0.25, 0.3) is 0 Å². The van der Waals surface area contributed by atoms with Crippen molar-refractivity contribution in [3.8, 4) is 0 Å². The van der Waals surface area contributed by atoms with Crippen LogP contribution in [0.1, 0.15) is 32.6 Å². The maximum atomic E-state index is 11.3. The lowest BCUT2D eigenvalue weighted by molar-refractivity contribution is -0.128. The van der Waals surface area contributed by atoms with Crippen LogP contribution in [0.15, 0.2) is 0 Å². The van der Waals surface area contributed by atoms with Crippen LogP contribution in [0, 0.1) is 17.8 Å². The number of amides is 1. The van der Waals surface area contributed by atoms with E-state index in [0.717, 1.165) is 43.8 Å². The van der Waals surface area contributed by atoms with Crippen molar-refractivity contribution in [2.75, 3.05) is 19.6 Å². The molecule has 86 valence electrons. The minimum absolute atomic E-state index is 0.236. The second kappa shape index (κ2) is 4.52. The van der Waals surface area contributed by atoms with Crippen LogP contribution in [-0.4, -0.2) is 30.4 Å². The van der Waals surface area contributed by atoms with Gasteiger partial charge in [-0.3, -0.25) is 4.79 Å². The minimum atomic E-state index is 0.236. The zero-order chi connectivity index (χ0) is 10.8. The third-order valence-electron chi connectivity index (χ3n) is 4.00. The highest BCUT2D eigenvalue weighted by Crippen LogP contribution is 2.44. The van der Waals surface area contributed by atoms with Gasteiger partial charge in [-0.2, -0.15) is 0 Å². The fraction of sp³-hybridized carbons (Fsp3) is 0.917. The first kappa shape index (κ1) is 10.9. The smallest absolute Gasteiger partial charge is 0.219 e. The van der Waals surface area contributed by atoms with Crippen molar-refractivity contribution in [3.63, 3.8) is 0 Å². The first-order valence-corrected chi connectivity index (χ1v) is 6.18. The van der Waals surface area contributed by atoms with Gasteiger partial charge in [0.05, 0.1) is 0 Å². The van der Waals surface area contributed by atoms with Crippen molar-refractivity contribution in [2.24, 2.45) is 23.5 Å². The Hall–Kier alpha value is -0.570. The summed E-state index contributed by atoms with van der Waals surface area (Å²) in [6, 6.07) is 0. The summed E-state index contributed by atoms with van der Waals surface area (Å²) in [4.78, 5) is 13.3. The second-order valence-electron chi connectivity index (χ2n) is 5.09. The van der Waals surface area contributed by atoms with Gasteiger partial charge in [0.2, 0.25) is 5.91 Å². The van der Waals surface area contributed by atoms with Gasteiger partial charge < -0.3 is 10.6 Å². The van der Waals surface area contributed by atoms with Gasteiger partial charge in [0, 0.05) is 20.0 Å². The first-order chi connectivity index (χ1) is 7.22. The van der Waals surface area contributed by atoms with Gasteiger partial charge in [-0.15, -0.1) is 0 Å². The number of hydrogen-bond donors (Lipinski definition) is 1. The molecule has 1 saturated heterocycles. The predicted octanol–water partition coefficient (Wildman–Crippen LogP) is 1.23. The lowest BCUT2D eigenvalue weighted by Gasteiger charge is -2.23. The van der Waals surface area contributed by atoms with Crippen molar-refractivity contribution in [2.45, 2.75) is 32.6 Å². The summed E-state index contributed by atoms with van der Waals surface area (Å²) in [6.07, 6.45) is 5.13. The van der Waals surface area contributed by atoms with Gasteiger partial charge in [0.1, 0.15) is 0 Å². The summed E-state index contributed by atoms with van der Waals surface area (Å²) < 4.78 is 0. The van der Waals surface area contributed by atoms with E-state index < -0.39 is 0 Å². The summed E-state index contributed by atoms with van der Waals surface area (Å²) >= 11 is 0. The van der Waals surface area contributed by atoms with E-state index in [1.165, 1.54) is 19.3 Å². The number of hydrogen-bond acceptors (Lipinski definition) is 2. The van der Waals surface area contributed by atoms with Gasteiger partial charge >= 0.3 is 0 Å². The number of nitrogens with two attached hydrogens (primary N) is 1. The number of likely N-dealkylation sites (tertiary alicyclic amines) is 1. The fourth-order valence-corrected chi connectivity index (χ4v) is 3.00. The monoisotopic (exact) mass is 210 g/mol. The Morgan fingerprint density at radius 2 is 2.13 bits per heavy atom. The molecule has 1 aliphatic carbocycles. The Morgan fingerprint density at radius 3 is 2.60 bits per heavy atom. The molecule has 2 atom stereocenters. The average molecular weight is 210 g/mol. The molecular formula is C12H22N2O. The molecule has 1 amide bonds. The van der Waals surface area contributed by atoms with Crippen molar-refractivity contribution in [1.82, 2.24) is 4.90 Å². The zero-order valence-corrected chi connectivity index (χ0v) is 9.61. The Kier molecular flexibility index (Phi) is 3.29. The number of rotatable bonds is 4. The number of nitrogens with zero attached hydrogens (tertiary/aromatic N) is 1. The van der Waals surface area contributed by atoms with E-state index in [1.807, 2.05) is 4.90 Å². The molecule has 15 heavy (non-hydrogen) atoms. The molecule has 1 aliphatic heterocycles. The van der Waals surface area contributed by atoms with Crippen molar-refractivity contribution in [3.05, 3.63) is 0 Å². The van der Waals surface area contributed by atoms with Crippen LogP contribution in [0.3, 0.4) is 0 Å². The molecule has 3 nitrogen and oxygen atoms in total. The second-order valence-corrected chi connectivity index (χ2v) is 5.09. The maximum absolute atomic E-state index is 11.3. The van der Waals surface area contributed by atoms with Crippen LogP contribution < -0.4 is 5.73 Å². The number of carbonyl (C=O) groups excluding carboxylic acids is 1. The third kappa shape index (κ3) is 2.51. The van der Waals surface area contributed by atoms with E-state index in [-0.39, 0.29) is 5.91 Å². The molecule has 2 N–H and O–H groups in total. The van der Waals surface area contributed by atoms with Crippen molar-refractivity contribution < 1.29 is 4.79 Å². The number of carbonyl (C=O) groups is 1. The third-order valence-corrected chi connectivity index (χ3v) is 4.00. The van der Waals surface area contributed by atoms with E-state index >= 15 is 0 Å². The van der Waals surface area contributed by atoms with Crippen LogP contribution in [0.2, 0.25) is 0 Å². The molecule has 2 fully saturated rings. The fourth-order valence-electron chi connectivity index (χ4n) is 3.00. The molecule has 2 unspecified atom stereocenters. The Morgan fingerprint density at radius 1 is 1.40 bits per heavy atom. The largest absolute Gasteiger partial charge is 0.343 e. The highest BCUT2D eigenvalue weighted by molar-refractivity contribution is 5.73. The van der Waals surface area contributed by atoms with Crippen LogP contribution >= 0.6 is 0 Å². The van der Waals surface area contributed by atoms with Gasteiger partial charge in [0.15, 0.2) is 0 Å². The standard InChI is InChI=1S/C12H22N2O/c1-9(15)14-7-5-11(8-14)12(4-6-13)10-2-3-10/h10-12H,2-8,13H2,1H3. The van der Waals surface area contributed by atoms with E-state index in [1.54, 1.807) is 6.92 Å². The van der Waals surface area contributed by atoms with Gasteiger partial charge in [-0.05, 0) is 50.0 Å². The SMILES string of the molecule is CC(=O)N1CCC(C(CCN)C2CC2)C1. The Bertz CT molecular complexity index is 238. The maximum Gasteiger partial charge on any atom is 0.219 e. The molecule has 2 aliphatic rings. The molecule has 0 aromatic carbocycles. The minimum Gasteiger partial charge on any atom is -0.343 e. The highest BCUT2D eigenvalue weighted by Gasteiger charge is 2.39. The summed E-state index contributed by atoms with van der Waals surface area (Å²) in [7, 11) is 0. The van der Waals surface area contributed by atoms with Crippen LogP contribution in [-0.2, 0) is 4.79 Å². The van der Waals surface area contributed by atoms with E-state index in [9.17, 15) is 4.79 Å². The molecule has 2 rings (SSSR count). The quantitative estimate of drug-likeness (QED) is 0.758. The Labute approximate surface area is 92.0 Å². The lowest BCUT2D eigenvalue weighted by Crippen LogP contribution is -2.28. The van der Waals surface area contributed by atoms with Gasteiger partial charge in [-0.1, -0.05) is 0 Å². The predicted molar refractivity (Wildman–Crippen MR) is 60.2 cm³/mol. The lowest BCUT2D eigenvalue weighted by atomic mass is 9.85. The molecular weight excluding hydrogens is 188 g/mol. The molecule has 3 heteroatoms. The van der Waals surface area contributed by atoms with E-state index in [2.05, 4.69) is 0 Å². The Balaban J connectivity index is 1.89. The molecule has 1 saturated carbocycles. The molecule has 0 aromatic heterocycles. The highest BCUT2D eigenvalue weighted by atomic mass is 16.2. The van der Waals surface area contributed by atoms with Crippen molar-refractivity contribution >= 4 is 5.91 Å². The molecule has 0 aromatic rings. The van der Waals surface area contributed by atoms with Crippen LogP contribution in [0.4, 0.5) is 0 Å². The first-order valence-electron chi connectivity index (χ1n) is 6.18. The summed E-state index contributed by atoms with van der Waals surface area (Å²) in [6.45, 7) is 4.43. The molecule has 1 heterocycles. The summed E-state index contributed by atoms with van der Waals surface area (Å²) in [5, 5.41) is 0. The molecule has 0 spiro atoms.